The summed E-state index contributed by atoms with van der Waals surface area (Å²) < 4.78 is 22.5. The molecule has 47 heavy (non-hydrogen) atoms. The van der Waals surface area contributed by atoms with Crippen LogP contribution in [0.3, 0.4) is 0 Å². The highest BCUT2D eigenvalue weighted by atomic mass is 35.5. The van der Waals surface area contributed by atoms with E-state index < -0.39 is 17.4 Å². The molecule has 0 saturated carbocycles. The largest absolute Gasteiger partial charge is 0.496 e. The third-order valence-corrected chi connectivity index (χ3v) is 9.11. The van der Waals surface area contributed by atoms with Gasteiger partial charge < -0.3 is 19.4 Å². The second-order valence-electron chi connectivity index (χ2n) is 12.2. The Balaban J connectivity index is 1.78. The zero-order valence-corrected chi connectivity index (χ0v) is 27.8. The number of aromatic nitrogens is 4. The van der Waals surface area contributed by atoms with Gasteiger partial charge in [-0.3, -0.25) is 19.0 Å². The van der Waals surface area contributed by atoms with Crippen molar-refractivity contribution in [3.05, 3.63) is 76.0 Å². The summed E-state index contributed by atoms with van der Waals surface area (Å²) in [5.74, 6) is -1.19. The first-order chi connectivity index (χ1) is 22.4. The van der Waals surface area contributed by atoms with Crippen LogP contribution in [0.2, 0.25) is 5.15 Å². The fraction of sp³-hybridized carbons (Fsp3) is 0.353. The summed E-state index contributed by atoms with van der Waals surface area (Å²) in [6.07, 6.45) is 2.70. The van der Waals surface area contributed by atoms with Crippen LogP contribution in [0.25, 0.3) is 27.8 Å². The van der Waals surface area contributed by atoms with E-state index in [0.717, 1.165) is 0 Å². The molecule has 13 heteroatoms. The number of benzene rings is 1. The number of carbonyl (C=O) groups is 2. The summed E-state index contributed by atoms with van der Waals surface area (Å²) in [5, 5.41) is 0.395. The minimum absolute atomic E-state index is 0.0544. The van der Waals surface area contributed by atoms with Crippen molar-refractivity contribution >= 4 is 45.8 Å². The van der Waals surface area contributed by atoms with Crippen molar-refractivity contribution in [3.63, 3.8) is 0 Å². The first-order valence-corrected chi connectivity index (χ1v) is 15.7. The predicted octanol–water partition coefficient (Wildman–Crippen LogP) is 5.07. The number of carbonyl (C=O) groups excluding carboxylic acids is 2. The average Bonchev–Trinajstić information content (AvgIpc) is 3.05. The Labute approximate surface area is 276 Å². The van der Waals surface area contributed by atoms with Crippen molar-refractivity contribution in [1.82, 2.24) is 24.4 Å². The Bertz CT molecular complexity index is 2000. The molecule has 6 rings (SSSR count). The van der Waals surface area contributed by atoms with E-state index in [9.17, 15) is 14.4 Å². The standard InChI is InChI=1S/C34H35ClFN7O4/c1-8-24(44)41-12-13-42-22(15-41)33(45)40(6)30-28(42)20-14-19(25-21(36)10-9-11-23(25)47-7)31(35)39-32(20)43(34(30)46)29-26(17(2)3)37-16-38-27(29)18(4)5/h8-11,14,16-18,22H,1,12-13,15H2,2-7H3/t22-/m1/s1. The number of hydrogen-bond donors (Lipinski definition) is 0. The van der Waals surface area contributed by atoms with Gasteiger partial charge in [0.2, 0.25) is 5.91 Å². The first kappa shape index (κ1) is 32.1. The van der Waals surface area contributed by atoms with Crippen LogP contribution in [0.5, 0.6) is 5.75 Å². The maximum absolute atomic E-state index is 15.5. The molecule has 244 valence electrons. The van der Waals surface area contributed by atoms with Crippen LogP contribution in [0.1, 0.15) is 50.9 Å². The highest BCUT2D eigenvalue weighted by Crippen LogP contribution is 2.45. The molecule has 0 bridgehead atoms. The monoisotopic (exact) mass is 659 g/mol. The second-order valence-corrected chi connectivity index (χ2v) is 12.6. The van der Waals surface area contributed by atoms with Crippen molar-refractivity contribution in [2.45, 2.75) is 45.6 Å². The van der Waals surface area contributed by atoms with Gasteiger partial charge in [-0.15, -0.1) is 0 Å². The number of nitrogens with zero attached hydrogens (tertiary/aromatic N) is 7. The topological polar surface area (TPSA) is 114 Å². The minimum Gasteiger partial charge on any atom is -0.496 e. The summed E-state index contributed by atoms with van der Waals surface area (Å²) in [5.41, 5.74) is 2.28. The average molecular weight is 660 g/mol. The highest BCUT2D eigenvalue weighted by Gasteiger charge is 2.44. The van der Waals surface area contributed by atoms with Crippen LogP contribution in [-0.2, 0) is 9.59 Å². The Kier molecular flexibility index (Phi) is 8.25. The van der Waals surface area contributed by atoms with Gasteiger partial charge in [0.25, 0.3) is 11.5 Å². The number of halogens is 2. The molecule has 2 aliphatic rings. The molecule has 2 amide bonds. The smallest absolute Gasteiger partial charge is 0.283 e. The number of fused-ring (bicyclic) bond motifs is 5. The van der Waals surface area contributed by atoms with E-state index in [1.807, 2.05) is 32.6 Å². The molecule has 0 radical (unpaired) electrons. The minimum atomic E-state index is -0.789. The summed E-state index contributed by atoms with van der Waals surface area (Å²) in [4.78, 5) is 60.1. The zero-order chi connectivity index (χ0) is 33.9. The number of piperazine rings is 1. The molecule has 3 aromatic heterocycles. The molecular weight excluding hydrogens is 625 g/mol. The molecule has 11 nitrogen and oxygen atoms in total. The van der Waals surface area contributed by atoms with Gasteiger partial charge in [-0.1, -0.05) is 51.9 Å². The number of ether oxygens (including phenoxy) is 1. The third-order valence-electron chi connectivity index (χ3n) is 8.82. The van der Waals surface area contributed by atoms with E-state index >= 15 is 4.39 Å². The Morgan fingerprint density at radius 1 is 1.09 bits per heavy atom. The number of hydrogen-bond acceptors (Lipinski definition) is 8. The van der Waals surface area contributed by atoms with Crippen LogP contribution >= 0.6 is 11.6 Å². The van der Waals surface area contributed by atoms with Gasteiger partial charge in [-0.05, 0) is 36.1 Å². The fourth-order valence-corrected chi connectivity index (χ4v) is 6.80. The fourth-order valence-electron chi connectivity index (χ4n) is 6.57. The number of amides is 2. The van der Waals surface area contributed by atoms with E-state index in [0.29, 0.717) is 34.7 Å². The summed E-state index contributed by atoms with van der Waals surface area (Å²) in [7, 11) is 2.98. The van der Waals surface area contributed by atoms with Gasteiger partial charge in [0.15, 0.2) is 5.65 Å². The van der Waals surface area contributed by atoms with Gasteiger partial charge in [0.1, 0.15) is 34.8 Å². The van der Waals surface area contributed by atoms with E-state index in [-0.39, 0.29) is 70.1 Å². The SMILES string of the molecule is C=CC(=O)N1CCN2c3c(c(=O)n(-c4c(C(C)C)ncnc4C(C)C)c4nc(Cl)c(-c5c(F)cccc5OC)cc34)N(C)C(=O)[C@H]2C1. The molecule has 0 unspecified atom stereocenters. The molecular formula is C34H35ClFN7O4. The van der Waals surface area contributed by atoms with Crippen LogP contribution in [0.15, 0.2) is 48.0 Å². The van der Waals surface area contributed by atoms with Gasteiger partial charge in [-0.2, -0.15) is 0 Å². The maximum Gasteiger partial charge on any atom is 0.283 e. The highest BCUT2D eigenvalue weighted by molar-refractivity contribution is 6.33. The lowest BCUT2D eigenvalue weighted by molar-refractivity contribution is -0.128. The molecule has 1 atom stereocenters. The molecule has 4 aromatic rings. The second kappa shape index (κ2) is 12.1. The normalized spacial score (nSPS) is 16.2. The quantitative estimate of drug-likeness (QED) is 0.208. The molecule has 0 spiro atoms. The molecule has 0 aliphatic carbocycles. The van der Waals surface area contributed by atoms with Crippen molar-refractivity contribution in [3.8, 4) is 22.6 Å². The third kappa shape index (κ3) is 5.02. The van der Waals surface area contributed by atoms with Crippen molar-refractivity contribution < 1.29 is 18.7 Å². The van der Waals surface area contributed by atoms with E-state index in [2.05, 4.69) is 16.5 Å². The van der Waals surface area contributed by atoms with Gasteiger partial charge in [-0.25, -0.2) is 19.3 Å². The van der Waals surface area contributed by atoms with E-state index in [4.69, 9.17) is 21.3 Å². The lowest BCUT2D eigenvalue weighted by Gasteiger charge is -2.47. The molecule has 5 heterocycles. The molecule has 0 N–H and O–H groups in total. The number of likely N-dealkylation sites (N-methyl/N-ethyl adjacent to an activating group) is 1. The Morgan fingerprint density at radius 3 is 2.38 bits per heavy atom. The molecule has 1 fully saturated rings. The van der Waals surface area contributed by atoms with E-state index in [1.54, 1.807) is 24.1 Å². The number of rotatable bonds is 6. The summed E-state index contributed by atoms with van der Waals surface area (Å²) >= 11 is 6.89. The number of pyridine rings is 2. The van der Waals surface area contributed by atoms with Crippen LogP contribution < -0.4 is 20.1 Å². The van der Waals surface area contributed by atoms with Gasteiger partial charge >= 0.3 is 0 Å². The van der Waals surface area contributed by atoms with Crippen molar-refractivity contribution in [2.24, 2.45) is 0 Å². The summed E-state index contributed by atoms with van der Waals surface area (Å²) in [6.45, 7) is 12.1. The lowest BCUT2D eigenvalue weighted by atomic mass is 9.98. The first-order valence-electron chi connectivity index (χ1n) is 15.3. The summed E-state index contributed by atoms with van der Waals surface area (Å²) in [6, 6.07) is 5.36. The Hall–Kier alpha value is -4.84. The van der Waals surface area contributed by atoms with Crippen LogP contribution in [0.4, 0.5) is 15.8 Å². The maximum atomic E-state index is 15.5. The molecule has 1 aromatic carbocycles. The lowest BCUT2D eigenvalue weighted by Crippen LogP contribution is -2.63. The van der Waals surface area contributed by atoms with Gasteiger partial charge in [0.05, 0.1) is 42.0 Å². The van der Waals surface area contributed by atoms with Crippen LogP contribution in [-0.4, -0.2) is 76.1 Å². The predicted molar refractivity (Wildman–Crippen MR) is 179 cm³/mol. The zero-order valence-electron chi connectivity index (χ0n) is 27.0. The van der Waals surface area contributed by atoms with Gasteiger partial charge in [0, 0.05) is 31.1 Å². The van der Waals surface area contributed by atoms with Crippen molar-refractivity contribution in [1.29, 1.82) is 0 Å². The molecule has 2 aliphatic heterocycles. The Morgan fingerprint density at radius 2 is 1.77 bits per heavy atom. The van der Waals surface area contributed by atoms with Crippen LogP contribution in [0, 0.1) is 5.82 Å². The molecule has 1 saturated heterocycles. The number of anilines is 2. The van der Waals surface area contributed by atoms with E-state index in [1.165, 1.54) is 41.1 Å². The van der Waals surface area contributed by atoms with Crippen molar-refractivity contribution in [2.75, 3.05) is 43.6 Å². The number of methoxy groups -OCH3 is 1.